The number of ether oxygens (including phenoxy) is 2. The summed E-state index contributed by atoms with van der Waals surface area (Å²) in [6.45, 7) is 12.6. The normalized spacial score (nSPS) is 20.7. The Labute approximate surface area is 157 Å². The first-order valence-electron chi connectivity index (χ1n) is 9.90. The van der Waals surface area contributed by atoms with E-state index in [-0.39, 0.29) is 18.2 Å². The summed E-state index contributed by atoms with van der Waals surface area (Å²) in [5, 5.41) is 2.98. The lowest BCUT2D eigenvalue weighted by molar-refractivity contribution is 0.0468. The molecule has 7 nitrogen and oxygen atoms in total. The molecule has 0 aromatic carbocycles. The van der Waals surface area contributed by atoms with Gasteiger partial charge in [-0.25, -0.2) is 9.59 Å². The fourth-order valence-electron chi connectivity index (χ4n) is 3.61. The summed E-state index contributed by atoms with van der Waals surface area (Å²) < 4.78 is 10.4. The van der Waals surface area contributed by atoms with Crippen molar-refractivity contribution in [2.75, 3.05) is 39.3 Å². The van der Waals surface area contributed by atoms with E-state index in [1.165, 1.54) is 0 Å². The van der Waals surface area contributed by atoms with Crippen LogP contribution in [-0.4, -0.2) is 73.0 Å². The molecule has 0 saturated carbocycles. The standard InChI is InChI=1S/C19H35N3O4/c1-5-25-18(24)22-12-6-15(7-13-22)14-21-10-8-16(9-11-21)20-17(23)26-19(2,3)4/h15-16H,5-14H2,1-4H3,(H,20,23). The minimum absolute atomic E-state index is 0.181. The van der Waals surface area contributed by atoms with E-state index < -0.39 is 5.60 Å². The molecular formula is C19H35N3O4. The van der Waals surface area contributed by atoms with Crippen molar-refractivity contribution in [3.05, 3.63) is 0 Å². The third kappa shape index (κ3) is 7.02. The van der Waals surface area contributed by atoms with Crippen molar-refractivity contribution >= 4 is 12.2 Å². The molecule has 0 atom stereocenters. The largest absolute Gasteiger partial charge is 0.450 e. The number of alkyl carbamates (subject to hydrolysis) is 1. The number of amides is 2. The van der Waals surface area contributed by atoms with Crippen LogP contribution < -0.4 is 5.32 Å². The van der Waals surface area contributed by atoms with E-state index in [1.54, 1.807) is 0 Å². The van der Waals surface area contributed by atoms with E-state index >= 15 is 0 Å². The predicted molar refractivity (Wildman–Crippen MR) is 100 cm³/mol. The molecule has 2 heterocycles. The monoisotopic (exact) mass is 369 g/mol. The zero-order valence-corrected chi connectivity index (χ0v) is 16.8. The van der Waals surface area contributed by atoms with Crippen molar-refractivity contribution in [1.29, 1.82) is 0 Å². The first-order chi connectivity index (χ1) is 12.3. The van der Waals surface area contributed by atoms with Crippen LogP contribution in [0.4, 0.5) is 9.59 Å². The molecule has 0 spiro atoms. The molecule has 2 aliphatic heterocycles. The smallest absolute Gasteiger partial charge is 0.409 e. The van der Waals surface area contributed by atoms with E-state index in [2.05, 4.69) is 10.2 Å². The van der Waals surface area contributed by atoms with Crippen LogP contribution in [0.5, 0.6) is 0 Å². The van der Waals surface area contributed by atoms with Gasteiger partial charge in [0.15, 0.2) is 0 Å². The number of carbonyl (C=O) groups is 2. The summed E-state index contributed by atoms with van der Waals surface area (Å²) >= 11 is 0. The van der Waals surface area contributed by atoms with E-state index in [4.69, 9.17) is 9.47 Å². The molecule has 7 heteroatoms. The number of hydrogen-bond acceptors (Lipinski definition) is 5. The molecule has 2 rings (SSSR count). The van der Waals surface area contributed by atoms with Gasteiger partial charge in [0.1, 0.15) is 5.60 Å². The molecule has 2 amide bonds. The Morgan fingerprint density at radius 3 is 2.19 bits per heavy atom. The highest BCUT2D eigenvalue weighted by atomic mass is 16.6. The van der Waals surface area contributed by atoms with E-state index in [1.807, 2.05) is 32.6 Å². The molecule has 26 heavy (non-hydrogen) atoms. The summed E-state index contributed by atoms with van der Waals surface area (Å²) in [6.07, 6.45) is 3.49. The number of carbonyl (C=O) groups excluding carboxylic acids is 2. The van der Waals surface area contributed by atoms with Crippen LogP contribution in [0.25, 0.3) is 0 Å². The van der Waals surface area contributed by atoms with Crippen molar-refractivity contribution in [1.82, 2.24) is 15.1 Å². The highest BCUT2D eigenvalue weighted by molar-refractivity contribution is 5.68. The van der Waals surface area contributed by atoms with Gasteiger partial charge in [-0.2, -0.15) is 0 Å². The summed E-state index contributed by atoms with van der Waals surface area (Å²) in [5.74, 6) is 0.635. The van der Waals surface area contributed by atoms with Crippen LogP contribution >= 0.6 is 0 Å². The average molecular weight is 370 g/mol. The Morgan fingerprint density at radius 2 is 1.65 bits per heavy atom. The number of hydrogen-bond donors (Lipinski definition) is 1. The third-order valence-corrected chi connectivity index (χ3v) is 4.97. The highest BCUT2D eigenvalue weighted by Gasteiger charge is 2.28. The molecule has 1 N–H and O–H groups in total. The fraction of sp³-hybridized carbons (Fsp3) is 0.895. The zero-order chi connectivity index (χ0) is 19.2. The van der Waals surface area contributed by atoms with Crippen LogP contribution in [0.2, 0.25) is 0 Å². The van der Waals surface area contributed by atoms with Crippen molar-refractivity contribution in [2.24, 2.45) is 5.92 Å². The van der Waals surface area contributed by atoms with E-state index in [0.717, 1.165) is 58.4 Å². The van der Waals surface area contributed by atoms with Gasteiger partial charge in [0.25, 0.3) is 0 Å². The third-order valence-electron chi connectivity index (χ3n) is 4.97. The molecule has 0 aromatic rings. The maximum Gasteiger partial charge on any atom is 0.409 e. The van der Waals surface area contributed by atoms with E-state index in [9.17, 15) is 9.59 Å². The summed E-state index contributed by atoms with van der Waals surface area (Å²) in [5.41, 5.74) is -0.455. The second-order valence-electron chi connectivity index (χ2n) is 8.35. The molecule has 0 bridgehead atoms. The van der Waals surface area contributed by atoms with Crippen LogP contribution in [0.1, 0.15) is 53.4 Å². The number of likely N-dealkylation sites (tertiary alicyclic amines) is 2. The van der Waals surface area contributed by atoms with Gasteiger partial charge < -0.3 is 24.6 Å². The molecule has 0 radical (unpaired) electrons. The second-order valence-corrected chi connectivity index (χ2v) is 8.35. The molecule has 150 valence electrons. The lowest BCUT2D eigenvalue weighted by Crippen LogP contribution is -2.48. The summed E-state index contributed by atoms with van der Waals surface area (Å²) in [6, 6.07) is 0.201. The van der Waals surface area contributed by atoms with Crippen LogP contribution in [0.3, 0.4) is 0 Å². The van der Waals surface area contributed by atoms with Crippen LogP contribution in [0, 0.1) is 5.92 Å². The summed E-state index contributed by atoms with van der Waals surface area (Å²) in [7, 11) is 0. The van der Waals surface area contributed by atoms with Crippen molar-refractivity contribution in [2.45, 2.75) is 65.0 Å². The number of piperidine rings is 2. The van der Waals surface area contributed by atoms with Crippen LogP contribution in [-0.2, 0) is 9.47 Å². The fourth-order valence-corrected chi connectivity index (χ4v) is 3.61. The molecule has 2 saturated heterocycles. The van der Waals surface area contributed by atoms with Crippen LogP contribution in [0.15, 0.2) is 0 Å². The Morgan fingerprint density at radius 1 is 1.04 bits per heavy atom. The highest BCUT2D eigenvalue weighted by Crippen LogP contribution is 2.21. The quantitative estimate of drug-likeness (QED) is 0.825. The molecule has 0 unspecified atom stereocenters. The molecule has 2 fully saturated rings. The Bertz CT molecular complexity index is 462. The van der Waals surface area contributed by atoms with Crippen molar-refractivity contribution < 1.29 is 19.1 Å². The van der Waals surface area contributed by atoms with Gasteiger partial charge >= 0.3 is 12.2 Å². The van der Waals surface area contributed by atoms with Gasteiger partial charge in [0.05, 0.1) is 6.61 Å². The minimum atomic E-state index is -0.455. The topological polar surface area (TPSA) is 71.1 Å². The lowest BCUT2D eigenvalue weighted by atomic mass is 9.95. The summed E-state index contributed by atoms with van der Waals surface area (Å²) in [4.78, 5) is 27.9. The molecule has 0 aliphatic carbocycles. The number of rotatable bonds is 4. The van der Waals surface area contributed by atoms with Crippen molar-refractivity contribution in [3.63, 3.8) is 0 Å². The Balaban J connectivity index is 1.64. The molecular weight excluding hydrogens is 334 g/mol. The maximum atomic E-state index is 11.9. The average Bonchev–Trinajstić information content (AvgIpc) is 2.56. The van der Waals surface area contributed by atoms with E-state index in [0.29, 0.717) is 12.5 Å². The SMILES string of the molecule is CCOC(=O)N1CCC(CN2CCC(NC(=O)OC(C)(C)C)CC2)CC1. The first-order valence-corrected chi connectivity index (χ1v) is 9.90. The second kappa shape index (κ2) is 9.44. The number of nitrogens with one attached hydrogen (secondary N) is 1. The lowest BCUT2D eigenvalue weighted by Gasteiger charge is -2.37. The molecule has 2 aliphatic rings. The predicted octanol–water partition coefficient (Wildman–Crippen LogP) is 2.84. The Hall–Kier alpha value is -1.50. The van der Waals surface area contributed by atoms with Gasteiger partial charge in [0.2, 0.25) is 0 Å². The maximum absolute atomic E-state index is 11.9. The molecule has 0 aromatic heterocycles. The van der Waals surface area contributed by atoms with Crippen molar-refractivity contribution in [3.8, 4) is 0 Å². The Kier molecular flexibility index (Phi) is 7.55. The first kappa shape index (κ1) is 20.8. The number of nitrogens with zero attached hydrogens (tertiary/aromatic N) is 2. The van der Waals surface area contributed by atoms with Gasteiger partial charge in [0, 0.05) is 38.8 Å². The zero-order valence-electron chi connectivity index (χ0n) is 16.8. The van der Waals surface area contributed by atoms with Gasteiger partial charge in [-0.1, -0.05) is 0 Å². The van der Waals surface area contributed by atoms with Gasteiger partial charge in [-0.15, -0.1) is 0 Å². The minimum Gasteiger partial charge on any atom is -0.450 e. The van der Waals surface area contributed by atoms with Gasteiger partial charge in [-0.05, 0) is 59.3 Å². The van der Waals surface area contributed by atoms with Gasteiger partial charge in [-0.3, -0.25) is 0 Å².